The fourth-order valence-electron chi connectivity index (χ4n) is 1.56. The summed E-state index contributed by atoms with van der Waals surface area (Å²) in [5.74, 6) is 0.924. The molecular formula is C13H15N3S. The lowest BCUT2D eigenvalue weighted by Crippen LogP contribution is -1.97. The lowest BCUT2D eigenvalue weighted by Gasteiger charge is -2.07. The molecule has 0 aliphatic carbocycles. The normalized spacial score (nSPS) is 10.5. The Morgan fingerprint density at radius 1 is 1.29 bits per heavy atom. The smallest absolute Gasteiger partial charge is 0.116 e. The third kappa shape index (κ3) is 3.28. The quantitative estimate of drug-likeness (QED) is 0.664. The molecule has 0 amide bonds. The first-order chi connectivity index (χ1) is 8.29. The fraction of sp³-hybridized carbons (Fsp3) is 0.231. The van der Waals surface area contributed by atoms with Crippen molar-refractivity contribution in [3.05, 3.63) is 53.5 Å². The molecule has 0 saturated carbocycles. The average Bonchev–Trinajstić information content (AvgIpc) is 2.38. The molecule has 0 fully saturated rings. The molecule has 0 atom stereocenters. The second-order valence-electron chi connectivity index (χ2n) is 3.80. The van der Waals surface area contributed by atoms with Crippen LogP contribution in [-0.2, 0) is 12.3 Å². The third-order valence-corrected chi connectivity index (χ3v) is 3.57. The highest BCUT2D eigenvalue weighted by atomic mass is 32.2. The van der Waals surface area contributed by atoms with E-state index in [0.717, 1.165) is 10.8 Å². The molecular weight excluding hydrogens is 230 g/mol. The molecule has 17 heavy (non-hydrogen) atoms. The monoisotopic (exact) mass is 245 g/mol. The summed E-state index contributed by atoms with van der Waals surface area (Å²) in [7, 11) is 0. The molecule has 4 heteroatoms. The Labute approximate surface area is 105 Å². The second-order valence-corrected chi connectivity index (χ2v) is 4.80. The topological polar surface area (TPSA) is 51.8 Å². The summed E-state index contributed by atoms with van der Waals surface area (Å²) in [6, 6.07) is 8.30. The zero-order valence-corrected chi connectivity index (χ0v) is 10.6. The minimum Gasteiger partial charge on any atom is -0.326 e. The first kappa shape index (κ1) is 12.1. The van der Waals surface area contributed by atoms with Crippen LogP contribution in [0, 0.1) is 6.92 Å². The van der Waals surface area contributed by atoms with Crippen molar-refractivity contribution in [1.82, 2.24) is 9.97 Å². The molecule has 2 rings (SSSR count). The number of hydrogen-bond acceptors (Lipinski definition) is 4. The first-order valence-electron chi connectivity index (χ1n) is 5.47. The average molecular weight is 245 g/mol. The molecule has 3 nitrogen and oxygen atoms in total. The minimum absolute atomic E-state index is 0.597. The summed E-state index contributed by atoms with van der Waals surface area (Å²) < 4.78 is 0. The van der Waals surface area contributed by atoms with Gasteiger partial charge in [-0.1, -0.05) is 18.2 Å². The van der Waals surface area contributed by atoms with Gasteiger partial charge in [0.1, 0.15) is 6.33 Å². The lowest BCUT2D eigenvalue weighted by molar-refractivity contribution is 1.04. The number of nitrogens with zero attached hydrogens (tertiary/aromatic N) is 2. The molecule has 2 N–H and O–H groups in total. The SMILES string of the molecule is Cc1cc(CN)ccc1CSc1ccncn1. The molecule has 1 aromatic carbocycles. The number of aryl methyl sites for hydroxylation is 1. The maximum atomic E-state index is 5.61. The molecule has 0 spiro atoms. The number of thioether (sulfide) groups is 1. The van der Waals surface area contributed by atoms with Crippen LogP contribution >= 0.6 is 11.8 Å². The van der Waals surface area contributed by atoms with Crippen LogP contribution in [0.4, 0.5) is 0 Å². The Bertz CT molecular complexity index is 485. The van der Waals surface area contributed by atoms with Crippen molar-refractivity contribution >= 4 is 11.8 Å². The van der Waals surface area contributed by atoms with E-state index in [1.165, 1.54) is 16.7 Å². The van der Waals surface area contributed by atoms with Gasteiger partial charge in [0, 0.05) is 18.5 Å². The highest BCUT2D eigenvalue weighted by Crippen LogP contribution is 2.22. The highest BCUT2D eigenvalue weighted by molar-refractivity contribution is 7.98. The van der Waals surface area contributed by atoms with E-state index >= 15 is 0 Å². The number of aromatic nitrogens is 2. The Hall–Kier alpha value is -1.39. The summed E-state index contributed by atoms with van der Waals surface area (Å²) in [6.45, 7) is 2.72. The number of rotatable bonds is 4. The Morgan fingerprint density at radius 3 is 2.82 bits per heavy atom. The van der Waals surface area contributed by atoms with Crippen molar-refractivity contribution < 1.29 is 0 Å². The maximum Gasteiger partial charge on any atom is 0.116 e. The van der Waals surface area contributed by atoms with Gasteiger partial charge in [0.25, 0.3) is 0 Å². The van der Waals surface area contributed by atoms with Crippen LogP contribution in [0.25, 0.3) is 0 Å². The van der Waals surface area contributed by atoms with Crippen LogP contribution < -0.4 is 5.73 Å². The van der Waals surface area contributed by atoms with Gasteiger partial charge in [-0.2, -0.15) is 0 Å². The van der Waals surface area contributed by atoms with Crippen LogP contribution in [0.3, 0.4) is 0 Å². The summed E-state index contributed by atoms with van der Waals surface area (Å²) in [4.78, 5) is 8.09. The lowest BCUT2D eigenvalue weighted by atomic mass is 10.1. The van der Waals surface area contributed by atoms with E-state index in [-0.39, 0.29) is 0 Å². The minimum atomic E-state index is 0.597. The molecule has 88 valence electrons. The Morgan fingerprint density at radius 2 is 2.18 bits per heavy atom. The van der Waals surface area contributed by atoms with Gasteiger partial charge in [0.2, 0.25) is 0 Å². The van der Waals surface area contributed by atoms with Crippen molar-refractivity contribution in [3.8, 4) is 0 Å². The van der Waals surface area contributed by atoms with Crippen molar-refractivity contribution in [2.45, 2.75) is 24.2 Å². The molecule has 0 aliphatic heterocycles. The largest absolute Gasteiger partial charge is 0.326 e. The van der Waals surface area contributed by atoms with E-state index in [1.807, 2.05) is 6.07 Å². The molecule has 0 aliphatic rings. The fourth-order valence-corrected chi connectivity index (χ4v) is 2.47. The molecule has 0 bridgehead atoms. The van der Waals surface area contributed by atoms with Crippen molar-refractivity contribution in [1.29, 1.82) is 0 Å². The first-order valence-corrected chi connectivity index (χ1v) is 6.45. The maximum absolute atomic E-state index is 5.61. The van der Waals surface area contributed by atoms with Crippen LogP contribution in [0.15, 0.2) is 41.8 Å². The van der Waals surface area contributed by atoms with Crippen molar-refractivity contribution in [2.75, 3.05) is 0 Å². The third-order valence-electron chi connectivity index (χ3n) is 2.57. The van der Waals surface area contributed by atoms with Gasteiger partial charge in [-0.15, -0.1) is 11.8 Å². The Balaban J connectivity index is 2.04. The van der Waals surface area contributed by atoms with E-state index < -0.39 is 0 Å². The van der Waals surface area contributed by atoms with Gasteiger partial charge >= 0.3 is 0 Å². The Kier molecular flexibility index (Phi) is 4.12. The predicted molar refractivity (Wildman–Crippen MR) is 70.7 cm³/mol. The van der Waals surface area contributed by atoms with Gasteiger partial charge in [-0.25, -0.2) is 9.97 Å². The second kappa shape index (κ2) is 5.80. The van der Waals surface area contributed by atoms with Gasteiger partial charge in [-0.3, -0.25) is 0 Å². The highest BCUT2D eigenvalue weighted by Gasteiger charge is 2.01. The van der Waals surface area contributed by atoms with Gasteiger partial charge in [0.05, 0.1) is 5.03 Å². The van der Waals surface area contributed by atoms with Gasteiger partial charge < -0.3 is 5.73 Å². The van der Waals surface area contributed by atoms with Crippen molar-refractivity contribution in [2.24, 2.45) is 5.73 Å². The number of nitrogens with two attached hydrogens (primary N) is 1. The standard InChI is InChI=1S/C13H15N3S/c1-10-6-11(7-14)2-3-12(10)8-17-13-4-5-15-9-16-13/h2-6,9H,7-8,14H2,1H3. The molecule has 1 aromatic heterocycles. The molecule has 0 unspecified atom stereocenters. The van der Waals surface area contributed by atoms with Crippen LogP contribution in [0.1, 0.15) is 16.7 Å². The van der Waals surface area contributed by atoms with Crippen molar-refractivity contribution in [3.63, 3.8) is 0 Å². The summed E-state index contributed by atoms with van der Waals surface area (Å²) in [6.07, 6.45) is 3.34. The zero-order chi connectivity index (χ0) is 12.1. The van der Waals surface area contributed by atoms with Gasteiger partial charge in [-0.05, 0) is 29.7 Å². The zero-order valence-electron chi connectivity index (χ0n) is 9.76. The van der Waals surface area contributed by atoms with E-state index in [0.29, 0.717) is 6.54 Å². The van der Waals surface area contributed by atoms with E-state index in [9.17, 15) is 0 Å². The summed E-state index contributed by atoms with van der Waals surface area (Å²) >= 11 is 1.72. The molecule has 0 saturated heterocycles. The van der Waals surface area contributed by atoms with Crippen LogP contribution in [0.2, 0.25) is 0 Å². The van der Waals surface area contributed by atoms with E-state index in [2.05, 4.69) is 35.1 Å². The van der Waals surface area contributed by atoms with E-state index in [4.69, 9.17) is 5.73 Å². The summed E-state index contributed by atoms with van der Waals surface area (Å²) in [5.41, 5.74) is 9.40. The molecule has 2 aromatic rings. The number of hydrogen-bond donors (Lipinski definition) is 1. The van der Waals surface area contributed by atoms with Gasteiger partial charge in [0.15, 0.2) is 0 Å². The molecule has 0 radical (unpaired) electrons. The van der Waals surface area contributed by atoms with E-state index in [1.54, 1.807) is 24.3 Å². The van der Waals surface area contributed by atoms with Crippen LogP contribution in [-0.4, -0.2) is 9.97 Å². The van der Waals surface area contributed by atoms with Crippen LogP contribution in [0.5, 0.6) is 0 Å². The molecule has 1 heterocycles. The number of benzene rings is 1. The summed E-state index contributed by atoms with van der Waals surface area (Å²) in [5, 5.41) is 1.00. The predicted octanol–water partition coefficient (Wildman–Crippen LogP) is 2.54.